The zero-order valence-corrected chi connectivity index (χ0v) is 14.3. The molecule has 2 aromatic rings. The quantitative estimate of drug-likeness (QED) is 0.836. The van der Waals surface area contributed by atoms with Gasteiger partial charge in [0.25, 0.3) is 0 Å². The molecule has 0 aliphatic rings. The number of hydrogen-bond acceptors (Lipinski definition) is 6. The molecule has 2 rings (SSSR count). The van der Waals surface area contributed by atoms with Crippen molar-refractivity contribution in [2.24, 2.45) is 0 Å². The lowest BCUT2D eigenvalue weighted by Gasteiger charge is -2.13. The van der Waals surface area contributed by atoms with Crippen LogP contribution in [0, 0.1) is 13.8 Å². The summed E-state index contributed by atoms with van der Waals surface area (Å²) in [4.78, 5) is 4.40. The van der Waals surface area contributed by atoms with Crippen LogP contribution in [0.2, 0.25) is 0 Å². The molecule has 0 aliphatic carbocycles. The molecule has 120 valence electrons. The van der Waals surface area contributed by atoms with Crippen molar-refractivity contribution in [1.29, 1.82) is 0 Å². The van der Waals surface area contributed by atoms with Crippen LogP contribution in [0.5, 0.6) is 5.75 Å². The number of thiazole rings is 1. The minimum atomic E-state index is -3.57. The summed E-state index contributed by atoms with van der Waals surface area (Å²) in [5.74, 6) is 0.645. The highest BCUT2D eigenvalue weighted by atomic mass is 32.2. The summed E-state index contributed by atoms with van der Waals surface area (Å²) in [6.45, 7) is 3.78. The fourth-order valence-corrected chi connectivity index (χ4v) is 4.35. The third-order valence-corrected chi connectivity index (χ3v) is 5.67. The Bertz CT molecular complexity index is 746. The minimum absolute atomic E-state index is 0.274. The molecular formula is C14H19N3O3S2. The number of nitrogen functional groups attached to an aromatic ring is 1. The number of ether oxygens (including phenoxy) is 1. The summed E-state index contributed by atoms with van der Waals surface area (Å²) < 4.78 is 32.7. The number of nitrogens with zero attached hydrogens (tertiary/aromatic N) is 1. The van der Waals surface area contributed by atoms with Gasteiger partial charge in [-0.1, -0.05) is 0 Å². The van der Waals surface area contributed by atoms with Crippen molar-refractivity contribution in [2.45, 2.75) is 25.2 Å². The highest BCUT2D eigenvalue weighted by Gasteiger charge is 2.20. The maximum Gasteiger partial charge on any atom is 0.241 e. The van der Waals surface area contributed by atoms with E-state index in [1.807, 2.05) is 5.38 Å². The molecule has 8 heteroatoms. The molecule has 0 fully saturated rings. The summed E-state index contributed by atoms with van der Waals surface area (Å²) in [5.41, 5.74) is 7.65. The molecule has 0 bridgehead atoms. The number of nitrogens with one attached hydrogen (secondary N) is 1. The first-order valence-corrected chi connectivity index (χ1v) is 9.04. The van der Waals surface area contributed by atoms with Gasteiger partial charge in [-0.05, 0) is 37.1 Å². The van der Waals surface area contributed by atoms with Crippen LogP contribution in [-0.2, 0) is 16.4 Å². The van der Waals surface area contributed by atoms with Gasteiger partial charge < -0.3 is 10.5 Å². The number of nitrogens with two attached hydrogens (primary N) is 1. The van der Waals surface area contributed by atoms with Crippen molar-refractivity contribution in [2.75, 3.05) is 19.4 Å². The van der Waals surface area contributed by atoms with Gasteiger partial charge in [-0.25, -0.2) is 18.1 Å². The molecule has 1 heterocycles. The van der Waals surface area contributed by atoms with Gasteiger partial charge in [-0.3, -0.25) is 0 Å². The van der Waals surface area contributed by atoms with Gasteiger partial charge in [0.15, 0.2) is 5.13 Å². The van der Waals surface area contributed by atoms with Crippen molar-refractivity contribution in [1.82, 2.24) is 9.71 Å². The average Bonchev–Trinajstić information content (AvgIpc) is 2.83. The van der Waals surface area contributed by atoms with E-state index in [0.717, 1.165) is 5.69 Å². The molecule has 1 aromatic carbocycles. The van der Waals surface area contributed by atoms with Crippen LogP contribution >= 0.6 is 11.3 Å². The Kier molecular flexibility index (Phi) is 5.05. The highest BCUT2D eigenvalue weighted by Crippen LogP contribution is 2.25. The van der Waals surface area contributed by atoms with Crippen LogP contribution in [0.3, 0.4) is 0 Å². The van der Waals surface area contributed by atoms with E-state index in [4.69, 9.17) is 10.5 Å². The van der Waals surface area contributed by atoms with Gasteiger partial charge in [-0.15, -0.1) is 11.3 Å². The first kappa shape index (κ1) is 16.7. The Balaban J connectivity index is 2.13. The lowest BCUT2D eigenvalue weighted by Crippen LogP contribution is -2.27. The van der Waals surface area contributed by atoms with Gasteiger partial charge in [-0.2, -0.15) is 0 Å². The van der Waals surface area contributed by atoms with Crippen LogP contribution in [0.1, 0.15) is 16.8 Å². The summed E-state index contributed by atoms with van der Waals surface area (Å²) in [6, 6.07) is 3.42. The molecule has 6 nitrogen and oxygen atoms in total. The number of aromatic nitrogens is 1. The van der Waals surface area contributed by atoms with E-state index < -0.39 is 10.0 Å². The zero-order chi connectivity index (χ0) is 16.3. The minimum Gasteiger partial charge on any atom is -0.497 e. The van der Waals surface area contributed by atoms with Crippen molar-refractivity contribution < 1.29 is 13.2 Å². The first-order chi connectivity index (χ1) is 10.3. The van der Waals surface area contributed by atoms with Crippen molar-refractivity contribution in [3.63, 3.8) is 0 Å². The maximum absolute atomic E-state index is 12.5. The third-order valence-electron chi connectivity index (χ3n) is 3.18. The van der Waals surface area contributed by atoms with Crippen molar-refractivity contribution in [3.8, 4) is 5.75 Å². The molecule has 0 amide bonds. The predicted octanol–water partition coefficient (Wildman–Crippen LogP) is 1.87. The van der Waals surface area contributed by atoms with Crippen molar-refractivity contribution in [3.05, 3.63) is 34.3 Å². The Morgan fingerprint density at radius 1 is 1.32 bits per heavy atom. The number of aryl methyl sites for hydroxylation is 2. The molecule has 0 saturated heterocycles. The topological polar surface area (TPSA) is 94.3 Å². The Labute approximate surface area is 134 Å². The molecule has 0 aliphatic heterocycles. The largest absolute Gasteiger partial charge is 0.497 e. The molecular weight excluding hydrogens is 322 g/mol. The summed E-state index contributed by atoms with van der Waals surface area (Å²) in [5, 5.41) is 2.31. The smallest absolute Gasteiger partial charge is 0.241 e. The van der Waals surface area contributed by atoms with E-state index in [1.54, 1.807) is 33.1 Å². The van der Waals surface area contributed by atoms with Gasteiger partial charge in [0.2, 0.25) is 10.0 Å². The fourth-order valence-electron chi connectivity index (χ4n) is 2.28. The SMILES string of the molecule is COc1cc(C)c(S(=O)(=O)NCCc2csc(N)n2)c(C)c1. The predicted molar refractivity (Wildman–Crippen MR) is 87.9 cm³/mol. The van der Waals surface area contributed by atoms with E-state index in [9.17, 15) is 8.42 Å². The number of rotatable bonds is 6. The van der Waals surface area contributed by atoms with Crippen molar-refractivity contribution >= 4 is 26.5 Å². The maximum atomic E-state index is 12.5. The first-order valence-electron chi connectivity index (χ1n) is 6.68. The number of anilines is 1. The molecule has 3 N–H and O–H groups in total. The van der Waals surface area contributed by atoms with Gasteiger partial charge in [0.05, 0.1) is 17.7 Å². The van der Waals surface area contributed by atoms with Crippen LogP contribution in [0.4, 0.5) is 5.13 Å². The summed E-state index contributed by atoms with van der Waals surface area (Å²) >= 11 is 1.34. The monoisotopic (exact) mass is 341 g/mol. The Morgan fingerprint density at radius 3 is 2.45 bits per heavy atom. The van der Waals surface area contributed by atoms with Crippen LogP contribution < -0.4 is 15.2 Å². The second-order valence-electron chi connectivity index (χ2n) is 4.92. The average molecular weight is 341 g/mol. The standard InChI is InChI=1S/C14H19N3O3S2/c1-9-6-12(20-3)7-10(2)13(9)22(18,19)16-5-4-11-8-21-14(15)17-11/h6-8,16H,4-5H2,1-3H3,(H2,15,17). The van der Waals surface area contributed by atoms with E-state index >= 15 is 0 Å². The van der Waals surface area contributed by atoms with Gasteiger partial charge in [0, 0.05) is 18.3 Å². The normalized spacial score (nSPS) is 11.6. The molecule has 0 atom stereocenters. The molecule has 0 unspecified atom stereocenters. The number of sulfonamides is 1. The van der Waals surface area contributed by atoms with Crippen LogP contribution in [0.15, 0.2) is 22.4 Å². The summed E-state index contributed by atoms with van der Waals surface area (Å²) in [6.07, 6.45) is 0.501. The second-order valence-corrected chi connectivity index (χ2v) is 7.51. The second kappa shape index (κ2) is 6.64. The Hall–Kier alpha value is -1.64. The van der Waals surface area contributed by atoms with Gasteiger partial charge in [0.1, 0.15) is 5.75 Å². The Morgan fingerprint density at radius 2 is 1.95 bits per heavy atom. The molecule has 0 radical (unpaired) electrons. The summed E-state index contributed by atoms with van der Waals surface area (Å²) in [7, 11) is -2.02. The van der Waals surface area contributed by atoms with E-state index in [0.29, 0.717) is 33.3 Å². The molecule has 22 heavy (non-hydrogen) atoms. The lowest BCUT2D eigenvalue weighted by atomic mass is 10.1. The molecule has 0 saturated carbocycles. The van der Waals surface area contributed by atoms with Gasteiger partial charge >= 0.3 is 0 Å². The third kappa shape index (κ3) is 3.76. The van der Waals surface area contributed by atoms with Crippen LogP contribution in [-0.4, -0.2) is 27.1 Å². The molecule has 1 aromatic heterocycles. The number of benzene rings is 1. The lowest BCUT2D eigenvalue weighted by molar-refractivity contribution is 0.413. The zero-order valence-electron chi connectivity index (χ0n) is 12.7. The van der Waals surface area contributed by atoms with E-state index in [1.165, 1.54) is 11.3 Å². The highest BCUT2D eigenvalue weighted by molar-refractivity contribution is 7.89. The fraction of sp³-hybridized carbons (Fsp3) is 0.357. The molecule has 0 spiro atoms. The van der Waals surface area contributed by atoms with Crippen LogP contribution in [0.25, 0.3) is 0 Å². The van der Waals surface area contributed by atoms with E-state index in [2.05, 4.69) is 9.71 Å². The number of methoxy groups -OCH3 is 1. The van der Waals surface area contributed by atoms with E-state index in [-0.39, 0.29) is 6.54 Å². The number of hydrogen-bond donors (Lipinski definition) is 2.